The van der Waals surface area contributed by atoms with Gasteiger partial charge < -0.3 is 14.8 Å². The summed E-state index contributed by atoms with van der Waals surface area (Å²) in [6.45, 7) is 2.08. The number of hydrogen-bond donors (Lipinski definition) is 1. The molecule has 1 N–H and O–H groups in total. The highest BCUT2D eigenvalue weighted by Crippen LogP contribution is 2.21. The van der Waals surface area contributed by atoms with E-state index in [1.54, 1.807) is 19.0 Å². The van der Waals surface area contributed by atoms with Crippen LogP contribution in [-0.2, 0) is 0 Å². The molecule has 1 fully saturated rings. The Hall–Kier alpha value is -1.29. The van der Waals surface area contributed by atoms with Gasteiger partial charge in [-0.25, -0.2) is 0 Å². The summed E-state index contributed by atoms with van der Waals surface area (Å²) in [7, 11) is 3.59. The maximum absolute atomic E-state index is 12.0. The molecular weight excluding hydrogens is 202 g/mol. The molecule has 0 bridgehead atoms. The third-order valence-electron chi connectivity index (χ3n) is 3.11. The zero-order valence-electron chi connectivity index (χ0n) is 9.94. The Bertz CT molecular complexity index is 364. The van der Waals surface area contributed by atoms with Crippen molar-refractivity contribution in [1.29, 1.82) is 0 Å². The Kier molecular flexibility index (Phi) is 3.29. The first-order valence-electron chi connectivity index (χ1n) is 5.79. The Labute approximate surface area is 96.2 Å². The molecule has 0 aromatic carbocycles. The van der Waals surface area contributed by atoms with Crippen LogP contribution in [0.25, 0.3) is 0 Å². The largest absolute Gasteiger partial charge is 0.343 e. The van der Waals surface area contributed by atoms with Gasteiger partial charge in [0.1, 0.15) is 5.69 Å². The Morgan fingerprint density at radius 2 is 2.12 bits per heavy atom. The minimum atomic E-state index is 0.0866. The van der Waals surface area contributed by atoms with Gasteiger partial charge in [-0.1, -0.05) is 0 Å². The second-order valence-electron chi connectivity index (χ2n) is 4.48. The second kappa shape index (κ2) is 4.70. The molecule has 0 saturated carbocycles. The topological polar surface area (TPSA) is 37.3 Å². The number of hydrogen-bond acceptors (Lipinski definition) is 2. The molecule has 1 aromatic heterocycles. The minimum absolute atomic E-state index is 0.0866. The van der Waals surface area contributed by atoms with Gasteiger partial charge in [-0.3, -0.25) is 4.79 Å². The molecule has 2 rings (SSSR count). The minimum Gasteiger partial charge on any atom is -0.343 e. The van der Waals surface area contributed by atoms with Crippen molar-refractivity contribution < 1.29 is 4.79 Å². The van der Waals surface area contributed by atoms with E-state index in [1.807, 2.05) is 18.3 Å². The fraction of sp³-hybridized carbons (Fsp3) is 0.583. The van der Waals surface area contributed by atoms with Gasteiger partial charge >= 0.3 is 0 Å². The first kappa shape index (κ1) is 11.2. The first-order valence-corrected chi connectivity index (χ1v) is 5.79. The zero-order chi connectivity index (χ0) is 11.5. The third kappa shape index (κ3) is 2.11. The molecule has 0 radical (unpaired) electrons. The summed E-state index contributed by atoms with van der Waals surface area (Å²) >= 11 is 0. The predicted molar refractivity (Wildman–Crippen MR) is 63.6 cm³/mol. The predicted octanol–water partition coefficient (Wildman–Crippen LogP) is 1.11. The number of carbonyl (C=O) groups is 1. The van der Waals surface area contributed by atoms with Gasteiger partial charge in [-0.15, -0.1) is 0 Å². The van der Waals surface area contributed by atoms with Gasteiger partial charge in [0.05, 0.1) is 0 Å². The lowest BCUT2D eigenvalue weighted by Crippen LogP contribution is -2.32. The van der Waals surface area contributed by atoms with E-state index < -0.39 is 0 Å². The van der Waals surface area contributed by atoms with Crippen molar-refractivity contribution in [3.8, 4) is 0 Å². The average molecular weight is 221 g/mol. The summed E-state index contributed by atoms with van der Waals surface area (Å²) in [5, 5.41) is 3.34. The van der Waals surface area contributed by atoms with Crippen molar-refractivity contribution in [2.75, 3.05) is 27.2 Å². The number of nitrogens with one attached hydrogen (secondary N) is 1. The van der Waals surface area contributed by atoms with Crippen molar-refractivity contribution >= 4 is 5.91 Å². The van der Waals surface area contributed by atoms with E-state index in [-0.39, 0.29) is 5.91 Å². The quantitative estimate of drug-likeness (QED) is 0.812. The van der Waals surface area contributed by atoms with Gasteiger partial charge in [0.25, 0.3) is 5.91 Å². The summed E-state index contributed by atoms with van der Waals surface area (Å²) < 4.78 is 2.13. The number of aromatic nitrogens is 1. The Morgan fingerprint density at radius 3 is 2.75 bits per heavy atom. The molecule has 16 heavy (non-hydrogen) atoms. The normalized spacial score (nSPS) is 17.4. The highest BCUT2D eigenvalue weighted by atomic mass is 16.2. The van der Waals surface area contributed by atoms with Crippen molar-refractivity contribution in [3.05, 3.63) is 24.0 Å². The van der Waals surface area contributed by atoms with Crippen molar-refractivity contribution in [2.45, 2.75) is 18.9 Å². The molecule has 0 spiro atoms. The Balaban J connectivity index is 2.21. The zero-order valence-corrected chi connectivity index (χ0v) is 9.94. The van der Waals surface area contributed by atoms with Crippen LogP contribution in [0.3, 0.4) is 0 Å². The van der Waals surface area contributed by atoms with E-state index in [2.05, 4.69) is 9.88 Å². The lowest BCUT2D eigenvalue weighted by Gasteiger charge is -2.26. The van der Waals surface area contributed by atoms with E-state index in [1.165, 1.54) is 0 Å². The molecule has 88 valence electrons. The standard InChI is InChI=1S/C12H19N3O/c1-14(2)12(16)11-4-3-9-15(11)10-5-7-13-8-6-10/h3-4,9-10,13H,5-8H2,1-2H3. The fourth-order valence-corrected chi connectivity index (χ4v) is 2.21. The molecule has 1 saturated heterocycles. The summed E-state index contributed by atoms with van der Waals surface area (Å²) in [6, 6.07) is 4.33. The SMILES string of the molecule is CN(C)C(=O)c1cccn1C1CCNCC1. The van der Waals surface area contributed by atoms with E-state index in [4.69, 9.17) is 0 Å². The molecule has 4 heteroatoms. The lowest BCUT2D eigenvalue weighted by molar-refractivity contribution is 0.0813. The van der Waals surface area contributed by atoms with Crippen molar-refractivity contribution in [2.24, 2.45) is 0 Å². The smallest absolute Gasteiger partial charge is 0.269 e. The van der Waals surface area contributed by atoms with Crippen molar-refractivity contribution in [1.82, 2.24) is 14.8 Å². The molecule has 1 amide bonds. The molecular formula is C12H19N3O. The van der Waals surface area contributed by atoms with Gasteiger partial charge in [0.15, 0.2) is 0 Å². The molecule has 2 heterocycles. The molecule has 0 aliphatic carbocycles. The van der Waals surface area contributed by atoms with Crippen LogP contribution in [0.4, 0.5) is 0 Å². The third-order valence-corrected chi connectivity index (χ3v) is 3.11. The number of amides is 1. The lowest BCUT2D eigenvalue weighted by atomic mass is 10.1. The van der Waals surface area contributed by atoms with Crippen LogP contribution in [0.2, 0.25) is 0 Å². The van der Waals surface area contributed by atoms with Gasteiger partial charge in [-0.2, -0.15) is 0 Å². The van der Waals surface area contributed by atoms with Gasteiger partial charge in [-0.05, 0) is 38.1 Å². The highest BCUT2D eigenvalue weighted by molar-refractivity contribution is 5.92. The monoisotopic (exact) mass is 221 g/mol. The summed E-state index contributed by atoms with van der Waals surface area (Å²) in [5.41, 5.74) is 0.803. The van der Waals surface area contributed by atoms with Crippen LogP contribution in [0, 0.1) is 0 Å². The van der Waals surface area contributed by atoms with E-state index >= 15 is 0 Å². The van der Waals surface area contributed by atoms with Crippen LogP contribution in [0.15, 0.2) is 18.3 Å². The second-order valence-corrected chi connectivity index (χ2v) is 4.48. The number of nitrogens with zero attached hydrogens (tertiary/aromatic N) is 2. The van der Waals surface area contributed by atoms with Crippen molar-refractivity contribution in [3.63, 3.8) is 0 Å². The van der Waals surface area contributed by atoms with E-state index in [9.17, 15) is 4.79 Å². The molecule has 1 aliphatic rings. The summed E-state index contributed by atoms with van der Waals surface area (Å²) in [5.74, 6) is 0.0866. The number of piperidine rings is 1. The maximum Gasteiger partial charge on any atom is 0.269 e. The van der Waals surface area contributed by atoms with Crippen LogP contribution in [0.1, 0.15) is 29.4 Å². The summed E-state index contributed by atoms with van der Waals surface area (Å²) in [4.78, 5) is 13.6. The highest BCUT2D eigenvalue weighted by Gasteiger charge is 2.20. The Morgan fingerprint density at radius 1 is 1.44 bits per heavy atom. The summed E-state index contributed by atoms with van der Waals surface area (Å²) in [6.07, 6.45) is 4.22. The van der Waals surface area contributed by atoms with Crippen LogP contribution in [-0.4, -0.2) is 42.6 Å². The average Bonchev–Trinajstić information content (AvgIpc) is 2.77. The van der Waals surface area contributed by atoms with E-state index in [0.717, 1.165) is 31.6 Å². The van der Waals surface area contributed by atoms with Crippen LogP contribution < -0.4 is 5.32 Å². The molecule has 0 atom stereocenters. The fourth-order valence-electron chi connectivity index (χ4n) is 2.21. The van der Waals surface area contributed by atoms with Gasteiger partial charge in [0, 0.05) is 26.3 Å². The van der Waals surface area contributed by atoms with E-state index in [0.29, 0.717) is 6.04 Å². The van der Waals surface area contributed by atoms with Gasteiger partial charge in [0.2, 0.25) is 0 Å². The molecule has 4 nitrogen and oxygen atoms in total. The molecule has 0 unspecified atom stereocenters. The van der Waals surface area contributed by atoms with Crippen LogP contribution in [0.5, 0.6) is 0 Å². The number of carbonyl (C=O) groups excluding carboxylic acids is 1. The first-order chi connectivity index (χ1) is 7.70. The molecule has 1 aliphatic heterocycles. The number of rotatable bonds is 2. The maximum atomic E-state index is 12.0. The molecule has 1 aromatic rings. The van der Waals surface area contributed by atoms with Crippen LogP contribution >= 0.6 is 0 Å².